The molecule has 2 heterocycles. The Morgan fingerprint density at radius 1 is 0.745 bits per heavy atom. The topological polar surface area (TPSA) is 91.8 Å². The van der Waals surface area contributed by atoms with E-state index in [1.165, 1.54) is 83.6 Å². The molecule has 264 valence electrons. The number of carbonyl (C=O) groups excluding carboxylic acids is 1. The summed E-state index contributed by atoms with van der Waals surface area (Å²) < 4.78 is 29.6. The quantitative estimate of drug-likeness (QED) is 0.0839. The number of rotatable bonds is 25. The van der Waals surface area contributed by atoms with Gasteiger partial charge in [0.05, 0.1) is 17.1 Å². The summed E-state index contributed by atoms with van der Waals surface area (Å²) in [5.74, 6) is 0.948. The monoisotopic (exact) mass is 670 g/mol. The Balaban J connectivity index is 1.06. The molecule has 2 aromatic rings. The van der Waals surface area contributed by atoms with Crippen molar-refractivity contribution >= 4 is 21.8 Å². The third-order valence-electron chi connectivity index (χ3n) is 9.19. The van der Waals surface area contributed by atoms with Crippen molar-refractivity contribution in [3.05, 3.63) is 53.7 Å². The summed E-state index contributed by atoms with van der Waals surface area (Å²) in [5.41, 5.74) is 1.68. The zero-order valence-corrected chi connectivity index (χ0v) is 30.2. The van der Waals surface area contributed by atoms with Crippen LogP contribution in [0.15, 0.2) is 47.5 Å². The fourth-order valence-corrected chi connectivity index (χ4v) is 7.00. The summed E-state index contributed by atoms with van der Waals surface area (Å²) in [7, 11) is -3.63. The summed E-state index contributed by atoms with van der Waals surface area (Å²) in [4.78, 5) is 22.2. The minimum absolute atomic E-state index is 0.0229. The molecule has 1 saturated heterocycles. The number of amides is 1. The molecule has 0 aliphatic carbocycles. The molecule has 1 amide bonds. The van der Waals surface area contributed by atoms with E-state index in [0.29, 0.717) is 5.56 Å². The molecule has 0 atom stereocenters. The molecule has 1 N–H and O–H groups in total. The van der Waals surface area contributed by atoms with E-state index in [0.717, 1.165) is 76.2 Å². The number of unbranched alkanes of at least 4 members (excludes halogenated alkanes) is 15. The van der Waals surface area contributed by atoms with Crippen molar-refractivity contribution in [3.8, 4) is 0 Å². The van der Waals surface area contributed by atoms with Crippen molar-refractivity contribution in [3.63, 3.8) is 0 Å². The maximum Gasteiger partial charge on any atom is 0.296 e. The highest BCUT2D eigenvalue weighted by Gasteiger charge is 2.18. The minimum Gasteiger partial charge on any atom is -0.354 e. The van der Waals surface area contributed by atoms with Gasteiger partial charge >= 0.3 is 0 Å². The van der Waals surface area contributed by atoms with Crippen molar-refractivity contribution in [1.29, 1.82) is 0 Å². The zero-order chi connectivity index (χ0) is 33.6. The molecule has 0 radical (unpaired) electrons. The summed E-state index contributed by atoms with van der Waals surface area (Å²) >= 11 is 0. The van der Waals surface area contributed by atoms with Gasteiger partial charge in [-0.25, -0.2) is 4.98 Å². The highest BCUT2D eigenvalue weighted by atomic mass is 32.2. The van der Waals surface area contributed by atoms with Gasteiger partial charge < -0.3 is 10.2 Å². The van der Waals surface area contributed by atoms with Crippen molar-refractivity contribution in [1.82, 2.24) is 15.2 Å². The summed E-state index contributed by atoms with van der Waals surface area (Å²) in [5, 5.41) is 3.06. The molecule has 0 saturated carbocycles. The van der Waals surface area contributed by atoms with E-state index in [1.54, 1.807) is 30.5 Å². The van der Waals surface area contributed by atoms with Gasteiger partial charge in [0, 0.05) is 38.9 Å². The SMILES string of the molecule is CCCCN1CCN(c2ccc(C(=O)NCCCCCCCCCCCCCCCCCOS(=O)(=O)c3ccc(C)cc3)cn2)CC1. The smallest absolute Gasteiger partial charge is 0.296 e. The van der Waals surface area contributed by atoms with Crippen LogP contribution in [0.4, 0.5) is 5.82 Å². The summed E-state index contributed by atoms with van der Waals surface area (Å²) in [6.07, 6.45) is 22.2. The first kappa shape index (κ1) is 39.0. The van der Waals surface area contributed by atoms with Crippen LogP contribution in [-0.4, -0.2) is 70.1 Å². The van der Waals surface area contributed by atoms with Crippen LogP contribution in [-0.2, 0) is 14.3 Å². The molecule has 1 aliphatic heterocycles. The Kier molecular flexibility index (Phi) is 19.0. The van der Waals surface area contributed by atoms with Crippen LogP contribution < -0.4 is 10.2 Å². The lowest BCUT2D eigenvalue weighted by molar-refractivity contribution is 0.0952. The lowest BCUT2D eigenvalue weighted by atomic mass is 10.0. The largest absolute Gasteiger partial charge is 0.354 e. The third kappa shape index (κ3) is 16.0. The van der Waals surface area contributed by atoms with Crippen molar-refractivity contribution in [2.24, 2.45) is 0 Å². The molecule has 47 heavy (non-hydrogen) atoms. The van der Waals surface area contributed by atoms with Crippen LogP contribution in [0.5, 0.6) is 0 Å². The number of carbonyl (C=O) groups is 1. The average Bonchev–Trinajstić information content (AvgIpc) is 3.08. The Morgan fingerprint density at radius 3 is 1.83 bits per heavy atom. The molecule has 8 nitrogen and oxygen atoms in total. The molecule has 1 aliphatic rings. The maximum atomic E-state index is 12.5. The minimum atomic E-state index is -3.63. The molecule has 1 aromatic heterocycles. The number of aromatic nitrogens is 1. The van der Waals surface area contributed by atoms with Crippen molar-refractivity contribution < 1.29 is 17.4 Å². The molecule has 1 aromatic carbocycles. The van der Waals surface area contributed by atoms with Gasteiger partial charge in [-0.1, -0.05) is 115 Å². The van der Waals surface area contributed by atoms with Gasteiger partial charge in [0.25, 0.3) is 16.0 Å². The van der Waals surface area contributed by atoms with Gasteiger partial charge in [0.2, 0.25) is 0 Å². The van der Waals surface area contributed by atoms with Gasteiger partial charge in [0.15, 0.2) is 0 Å². The molecular formula is C38H62N4O4S. The van der Waals surface area contributed by atoms with E-state index in [2.05, 4.69) is 27.0 Å². The number of anilines is 1. The number of hydrogen-bond donors (Lipinski definition) is 1. The van der Waals surface area contributed by atoms with E-state index in [-0.39, 0.29) is 17.4 Å². The second-order valence-corrected chi connectivity index (χ2v) is 14.9. The van der Waals surface area contributed by atoms with Crippen LogP contribution >= 0.6 is 0 Å². The van der Waals surface area contributed by atoms with Gasteiger partial charge in [-0.05, 0) is 57.0 Å². The molecule has 0 bridgehead atoms. The molecule has 0 spiro atoms. The second kappa shape index (κ2) is 23.0. The Bertz CT molecular complexity index is 1210. The zero-order valence-electron chi connectivity index (χ0n) is 29.4. The standard InChI is InChI=1S/C38H62N4O4S/c1-3-4-27-41-28-30-42(31-29-41)37-25-22-35(33-40-37)38(43)39-26-18-16-14-12-10-8-6-5-7-9-11-13-15-17-19-32-46-47(44,45)36-23-20-34(2)21-24-36/h20-25,33H,3-19,26-32H2,1-2H3,(H,39,43). The first-order valence-electron chi connectivity index (χ1n) is 18.6. The predicted octanol–water partition coefficient (Wildman–Crippen LogP) is 8.30. The molecule has 3 rings (SSSR count). The van der Waals surface area contributed by atoms with Gasteiger partial charge in [-0.15, -0.1) is 0 Å². The van der Waals surface area contributed by atoms with E-state index in [1.807, 2.05) is 19.1 Å². The molecule has 0 unspecified atom stereocenters. The van der Waals surface area contributed by atoms with Crippen LogP contribution in [0.1, 0.15) is 132 Å². The highest BCUT2D eigenvalue weighted by Crippen LogP contribution is 2.17. The third-order valence-corrected chi connectivity index (χ3v) is 10.5. The molecule has 9 heteroatoms. The van der Waals surface area contributed by atoms with Crippen LogP contribution in [0.3, 0.4) is 0 Å². The number of benzene rings is 1. The summed E-state index contributed by atoms with van der Waals surface area (Å²) in [6.45, 7) is 10.5. The van der Waals surface area contributed by atoms with Gasteiger partial charge in [-0.2, -0.15) is 8.42 Å². The second-order valence-electron chi connectivity index (χ2n) is 13.2. The Labute approximate surface area is 286 Å². The number of piperazine rings is 1. The molecule has 1 fully saturated rings. The fraction of sp³-hybridized carbons (Fsp3) is 0.684. The Hall–Kier alpha value is -2.49. The predicted molar refractivity (Wildman–Crippen MR) is 194 cm³/mol. The first-order chi connectivity index (χ1) is 22.9. The van der Waals surface area contributed by atoms with Gasteiger partial charge in [0.1, 0.15) is 5.82 Å². The average molecular weight is 671 g/mol. The lowest BCUT2D eigenvalue weighted by Gasteiger charge is -2.35. The number of pyridine rings is 1. The number of aryl methyl sites for hydroxylation is 1. The number of nitrogens with one attached hydrogen (secondary N) is 1. The lowest BCUT2D eigenvalue weighted by Crippen LogP contribution is -2.46. The van der Waals surface area contributed by atoms with Crippen molar-refractivity contribution in [2.75, 3.05) is 50.8 Å². The first-order valence-corrected chi connectivity index (χ1v) is 20.0. The van der Waals surface area contributed by atoms with E-state index < -0.39 is 10.1 Å². The van der Waals surface area contributed by atoms with Gasteiger partial charge in [-0.3, -0.25) is 13.9 Å². The maximum absolute atomic E-state index is 12.5. The van der Waals surface area contributed by atoms with E-state index >= 15 is 0 Å². The highest BCUT2D eigenvalue weighted by molar-refractivity contribution is 7.86. The van der Waals surface area contributed by atoms with Crippen LogP contribution in [0.2, 0.25) is 0 Å². The fourth-order valence-electron chi connectivity index (χ4n) is 6.06. The van der Waals surface area contributed by atoms with Crippen LogP contribution in [0.25, 0.3) is 0 Å². The number of hydrogen-bond acceptors (Lipinski definition) is 7. The van der Waals surface area contributed by atoms with Crippen LogP contribution in [0, 0.1) is 6.92 Å². The van der Waals surface area contributed by atoms with E-state index in [9.17, 15) is 13.2 Å². The summed E-state index contributed by atoms with van der Waals surface area (Å²) in [6, 6.07) is 10.7. The molecular weight excluding hydrogens is 609 g/mol. The number of nitrogens with zero attached hydrogens (tertiary/aromatic N) is 3. The Morgan fingerprint density at radius 2 is 1.30 bits per heavy atom. The van der Waals surface area contributed by atoms with E-state index in [4.69, 9.17) is 4.18 Å². The normalized spacial score (nSPS) is 14.0. The van der Waals surface area contributed by atoms with Crippen molar-refractivity contribution in [2.45, 2.75) is 128 Å².